The van der Waals surface area contributed by atoms with Gasteiger partial charge in [0.1, 0.15) is 17.5 Å². The summed E-state index contributed by atoms with van der Waals surface area (Å²) in [4.78, 5) is 14.6. The Morgan fingerprint density at radius 1 is 1.42 bits per heavy atom. The molecule has 1 atom stereocenters. The Bertz CT molecular complexity index is 747. The van der Waals surface area contributed by atoms with Crippen molar-refractivity contribution in [3.8, 4) is 0 Å². The Morgan fingerprint density at radius 3 is 2.92 bits per heavy atom. The first kappa shape index (κ1) is 15.4. The Hall–Kier alpha value is -2.15. The fraction of sp³-hybridized carbons (Fsp3) is 0.588. The van der Waals surface area contributed by atoms with Crippen LogP contribution in [0.1, 0.15) is 46.6 Å². The first-order valence-corrected chi connectivity index (χ1v) is 8.46. The molecule has 0 aromatic carbocycles. The molecule has 7 heteroatoms. The summed E-state index contributed by atoms with van der Waals surface area (Å²) < 4.78 is 12.9. The molecule has 0 saturated heterocycles. The van der Waals surface area contributed by atoms with Crippen LogP contribution in [0.4, 0.5) is 0 Å². The van der Waals surface area contributed by atoms with Gasteiger partial charge >= 0.3 is 0 Å². The monoisotopic (exact) mass is 330 g/mol. The Kier molecular flexibility index (Phi) is 3.88. The largest absolute Gasteiger partial charge is 0.456 e. The zero-order valence-electron chi connectivity index (χ0n) is 14.1. The van der Waals surface area contributed by atoms with Crippen molar-refractivity contribution < 1.29 is 13.9 Å². The van der Waals surface area contributed by atoms with Gasteiger partial charge in [-0.3, -0.25) is 4.79 Å². The van der Waals surface area contributed by atoms with Crippen LogP contribution in [0.5, 0.6) is 0 Å². The fourth-order valence-corrected chi connectivity index (χ4v) is 3.34. The lowest BCUT2D eigenvalue weighted by Gasteiger charge is -2.33. The summed E-state index contributed by atoms with van der Waals surface area (Å²) in [5, 5.41) is 8.71. The van der Waals surface area contributed by atoms with Crippen molar-refractivity contribution in [1.29, 1.82) is 0 Å². The third kappa shape index (κ3) is 2.73. The van der Waals surface area contributed by atoms with Crippen molar-refractivity contribution in [1.82, 2.24) is 19.9 Å². The number of carbonyl (C=O) groups is 1. The molecular formula is C17H22N4O3. The molecule has 128 valence electrons. The van der Waals surface area contributed by atoms with Gasteiger partial charge in [-0.25, -0.2) is 4.68 Å². The molecule has 1 aliphatic heterocycles. The van der Waals surface area contributed by atoms with Crippen LogP contribution >= 0.6 is 0 Å². The maximum absolute atomic E-state index is 12.8. The van der Waals surface area contributed by atoms with Crippen LogP contribution in [-0.2, 0) is 17.7 Å². The molecule has 7 nitrogen and oxygen atoms in total. The first-order chi connectivity index (χ1) is 11.7. The second-order valence-corrected chi connectivity index (χ2v) is 6.68. The second-order valence-electron chi connectivity index (χ2n) is 6.68. The predicted molar refractivity (Wildman–Crippen MR) is 85.5 cm³/mol. The number of furan rings is 1. The van der Waals surface area contributed by atoms with Crippen LogP contribution in [0.25, 0.3) is 0 Å². The number of ether oxygens (including phenoxy) is 1. The van der Waals surface area contributed by atoms with Crippen LogP contribution in [0, 0.1) is 12.8 Å². The average Bonchev–Trinajstić information content (AvgIpc) is 3.13. The molecule has 0 N–H and O–H groups in total. The second kappa shape index (κ2) is 6.05. The highest BCUT2D eigenvalue weighted by Gasteiger charge is 2.37. The number of carbonyl (C=O) groups excluding carboxylic acids is 1. The number of nitrogens with zero attached hydrogens (tertiary/aromatic N) is 4. The van der Waals surface area contributed by atoms with Gasteiger partial charge in [-0.1, -0.05) is 5.21 Å². The molecule has 2 aromatic rings. The number of hydrogen-bond donors (Lipinski definition) is 0. The highest BCUT2D eigenvalue weighted by Crippen LogP contribution is 2.34. The number of hydrogen-bond acceptors (Lipinski definition) is 5. The number of fused-ring (bicyclic) bond motifs is 1. The summed E-state index contributed by atoms with van der Waals surface area (Å²) >= 11 is 0. The molecule has 1 saturated carbocycles. The van der Waals surface area contributed by atoms with Crippen molar-refractivity contribution in [3.63, 3.8) is 0 Å². The molecule has 0 bridgehead atoms. The topological polar surface area (TPSA) is 73.4 Å². The lowest BCUT2D eigenvalue weighted by Crippen LogP contribution is -2.42. The van der Waals surface area contributed by atoms with E-state index in [1.54, 1.807) is 24.1 Å². The van der Waals surface area contributed by atoms with Crippen LogP contribution in [0.15, 0.2) is 16.5 Å². The standard InChI is InChI=1S/C17H22N4O3/c1-11-3-6-15(24-11)17(22)20-8-7-13-16(14(20)10-23-2)18-19-21(13)9-12-4-5-12/h3,6,12,14H,4-5,7-10H2,1-2H3/t14-/m1/s1. The minimum absolute atomic E-state index is 0.118. The summed E-state index contributed by atoms with van der Waals surface area (Å²) in [5.41, 5.74) is 2.00. The van der Waals surface area contributed by atoms with Crippen LogP contribution < -0.4 is 0 Å². The number of aryl methyl sites for hydroxylation is 1. The van der Waals surface area contributed by atoms with Crippen molar-refractivity contribution >= 4 is 5.91 Å². The van der Waals surface area contributed by atoms with E-state index in [9.17, 15) is 4.79 Å². The number of amides is 1. The molecule has 0 radical (unpaired) electrons. The minimum Gasteiger partial charge on any atom is -0.456 e. The normalized spacial score (nSPS) is 20.2. The molecule has 24 heavy (non-hydrogen) atoms. The lowest BCUT2D eigenvalue weighted by molar-refractivity contribution is 0.0461. The van der Waals surface area contributed by atoms with E-state index in [1.165, 1.54) is 12.8 Å². The third-order valence-corrected chi connectivity index (χ3v) is 4.81. The van der Waals surface area contributed by atoms with Gasteiger partial charge in [0.05, 0.1) is 12.3 Å². The zero-order chi connectivity index (χ0) is 16.7. The first-order valence-electron chi connectivity index (χ1n) is 8.46. The van der Waals surface area contributed by atoms with Crippen molar-refractivity contribution in [2.75, 3.05) is 20.3 Å². The van der Waals surface area contributed by atoms with Crippen LogP contribution in [-0.4, -0.2) is 46.1 Å². The summed E-state index contributed by atoms with van der Waals surface area (Å²) in [6.07, 6.45) is 3.32. The van der Waals surface area contributed by atoms with Crippen molar-refractivity contribution in [3.05, 3.63) is 35.0 Å². The highest BCUT2D eigenvalue weighted by molar-refractivity contribution is 5.92. The molecule has 0 spiro atoms. The van der Waals surface area contributed by atoms with Gasteiger partial charge in [-0.15, -0.1) is 5.10 Å². The molecule has 3 heterocycles. The van der Waals surface area contributed by atoms with E-state index in [2.05, 4.69) is 10.3 Å². The molecule has 1 aliphatic carbocycles. The smallest absolute Gasteiger partial charge is 0.290 e. The molecule has 2 aliphatic rings. The highest BCUT2D eigenvalue weighted by atomic mass is 16.5. The minimum atomic E-state index is -0.218. The van der Waals surface area contributed by atoms with E-state index in [-0.39, 0.29) is 11.9 Å². The third-order valence-electron chi connectivity index (χ3n) is 4.81. The van der Waals surface area contributed by atoms with Crippen LogP contribution in [0.3, 0.4) is 0 Å². The number of rotatable bonds is 5. The molecule has 4 rings (SSSR count). The van der Waals surface area contributed by atoms with Gasteiger partial charge in [0, 0.05) is 26.6 Å². The summed E-state index contributed by atoms with van der Waals surface area (Å²) in [6.45, 7) is 3.80. The van der Waals surface area contributed by atoms with E-state index in [0.717, 1.165) is 36.0 Å². The van der Waals surface area contributed by atoms with E-state index in [0.29, 0.717) is 18.9 Å². The van der Waals surface area contributed by atoms with Gasteiger partial charge < -0.3 is 14.1 Å². The van der Waals surface area contributed by atoms with Crippen molar-refractivity contribution in [2.24, 2.45) is 5.92 Å². The quantitative estimate of drug-likeness (QED) is 0.838. The fourth-order valence-electron chi connectivity index (χ4n) is 3.34. The average molecular weight is 330 g/mol. The maximum atomic E-state index is 12.8. The Morgan fingerprint density at radius 2 is 2.25 bits per heavy atom. The predicted octanol–water partition coefficient (Wildman–Crippen LogP) is 1.98. The summed E-state index contributed by atoms with van der Waals surface area (Å²) in [6, 6.07) is 3.31. The summed E-state index contributed by atoms with van der Waals surface area (Å²) in [5.74, 6) is 1.71. The lowest BCUT2D eigenvalue weighted by atomic mass is 10.0. The van der Waals surface area contributed by atoms with Crippen molar-refractivity contribution in [2.45, 2.75) is 38.8 Å². The van der Waals surface area contributed by atoms with Gasteiger partial charge in [-0.2, -0.15) is 0 Å². The summed E-state index contributed by atoms with van der Waals surface area (Å²) in [7, 11) is 1.64. The Balaban J connectivity index is 1.62. The van der Waals surface area contributed by atoms with Gasteiger partial charge in [0.2, 0.25) is 0 Å². The van der Waals surface area contributed by atoms with E-state index in [1.807, 2.05) is 11.6 Å². The zero-order valence-corrected chi connectivity index (χ0v) is 14.1. The molecule has 1 fully saturated rings. The van der Waals surface area contributed by atoms with E-state index >= 15 is 0 Å². The SMILES string of the molecule is COC[C@@H]1c2nnn(CC3CC3)c2CCN1C(=O)c1ccc(C)o1. The molecular weight excluding hydrogens is 308 g/mol. The van der Waals surface area contributed by atoms with Gasteiger partial charge in [0.15, 0.2) is 5.76 Å². The van der Waals surface area contributed by atoms with Crippen LogP contribution in [0.2, 0.25) is 0 Å². The van der Waals surface area contributed by atoms with E-state index in [4.69, 9.17) is 9.15 Å². The number of aromatic nitrogens is 3. The molecule has 1 amide bonds. The maximum Gasteiger partial charge on any atom is 0.290 e. The number of methoxy groups -OCH3 is 1. The Labute approximate surface area is 140 Å². The van der Waals surface area contributed by atoms with Gasteiger partial charge in [0.25, 0.3) is 5.91 Å². The van der Waals surface area contributed by atoms with Gasteiger partial charge in [-0.05, 0) is 37.8 Å². The molecule has 2 aromatic heterocycles. The van der Waals surface area contributed by atoms with E-state index < -0.39 is 0 Å². The molecule has 0 unspecified atom stereocenters.